The third kappa shape index (κ3) is 3.49. The second-order valence-corrected chi connectivity index (χ2v) is 5.60. The van der Waals surface area contributed by atoms with Gasteiger partial charge in [-0.2, -0.15) is 0 Å². The number of aromatic carboxylic acids is 1. The molecule has 0 amide bonds. The number of hydrogen-bond donors (Lipinski definition) is 1. The van der Waals surface area contributed by atoms with Gasteiger partial charge in [0, 0.05) is 11.6 Å². The van der Waals surface area contributed by atoms with E-state index < -0.39 is 40.0 Å². The van der Waals surface area contributed by atoms with Crippen LogP contribution in [0.1, 0.15) is 15.9 Å². The smallest absolute Gasteiger partial charge is 0.335 e. The van der Waals surface area contributed by atoms with E-state index in [1.807, 2.05) is 0 Å². The van der Waals surface area contributed by atoms with Crippen molar-refractivity contribution in [1.82, 2.24) is 0 Å². The lowest BCUT2D eigenvalue weighted by Crippen LogP contribution is -2.04. The summed E-state index contributed by atoms with van der Waals surface area (Å²) in [5.74, 6) is -4.21. The van der Waals surface area contributed by atoms with E-state index in [-0.39, 0.29) is 16.0 Å². The van der Waals surface area contributed by atoms with Gasteiger partial charge in [0.15, 0.2) is 0 Å². The van der Waals surface area contributed by atoms with Crippen LogP contribution >= 0.6 is 0 Å². The molecule has 0 aliphatic heterocycles. The summed E-state index contributed by atoms with van der Waals surface area (Å²) in [5.41, 5.74) is -0.278. The number of hydrogen-bond acceptors (Lipinski definition) is 2. The Morgan fingerprint density at radius 3 is 2.38 bits per heavy atom. The van der Waals surface area contributed by atoms with Gasteiger partial charge in [-0.05, 0) is 30.3 Å². The zero-order valence-corrected chi connectivity index (χ0v) is 11.3. The van der Waals surface area contributed by atoms with Crippen LogP contribution in [0.25, 0.3) is 0 Å². The number of carbonyl (C=O) groups is 1. The highest BCUT2D eigenvalue weighted by Gasteiger charge is 2.15. The summed E-state index contributed by atoms with van der Waals surface area (Å²) in [6, 6.07) is 5.59. The number of carboxylic acid groups (broad SMARTS) is 1. The molecule has 1 unspecified atom stereocenters. The minimum absolute atomic E-state index is 0.114. The minimum atomic E-state index is -1.96. The van der Waals surface area contributed by atoms with Gasteiger partial charge in [0.05, 0.1) is 27.0 Å². The number of carboxylic acids is 1. The highest BCUT2D eigenvalue weighted by Crippen LogP contribution is 2.19. The van der Waals surface area contributed by atoms with Crippen LogP contribution in [0.3, 0.4) is 0 Å². The molecule has 0 aliphatic rings. The maximum Gasteiger partial charge on any atom is 0.335 e. The molecule has 0 fully saturated rings. The Labute approximate surface area is 120 Å². The summed E-state index contributed by atoms with van der Waals surface area (Å²) < 4.78 is 51.9. The standard InChI is InChI=1S/C14H9F3O3S/c15-10-2-4-13(12(17)6-10)21(20)7-9-5-8(14(18)19)1-3-11(9)16/h1-6H,7H2,(H,18,19). The molecule has 0 spiro atoms. The number of halogens is 3. The number of rotatable bonds is 4. The van der Waals surface area contributed by atoms with Gasteiger partial charge in [0.2, 0.25) is 0 Å². The van der Waals surface area contributed by atoms with Crippen LogP contribution in [0.4, 0.5) is 13.2 Å². The molecular formula is C14H9F3O3S. The second-order valence-electron chi connectivity index (χ2n) is 4.18. The predicted octanol–water partition coefficient (Wildman–Crippen LogP) is 3.11. The molecule has 2 aromatic carbocycles. The topological polar surface area (TPSA) is 54.4 Å². The first-order chi connectivity index (χ1) is 9.88. The minimum Gasteiger partial charge on any atom is -0.478 e. The fourth-order valence-corrected chi connectivity index (χ4v) is 2.85. The van der Waals surface area contributed by atoms with Crippen molar-refractivity contribution in [3.8, 4) is 0 Å². The summed E-state index contributed by atoms with van der Waals surface area (Å²) >= 11 is 0. The third-order valence-electron chi connectivity index (χ3n) is 2.72. The molecule has 0 saturated carbocycles. The van der Waals surface area contributed by atoms with E-state index in [9.17, 15) is 22.2 Å². The highest BCUT2D eigenvalue weighted by molar-refractivity contribution is 7.84. The first-order valence-electron chi connectivity index (χ1n) is 5.73. The molecule has 3 nitrogen and oxygen atoms in total. The van der Waals surface area contributed by atoms with Crippen LogP contribution in [-0.4, -0.2) is 15.3 Å². The van der Waals surface area contributed by atoms with Gasteiger partial charge in [-0.15, -0.1) is 0 Å². The monoisotopic (exact) mass is 314 g/mol. The van der Waals surface area contributed by atoms with Gasteiger partial charge in [0.1, 0.15) is 17.5 Å². The van der Waals surface area contributed by atoms with Crippen molar-refractivity contribution < 1.29 is 27.3 Å². The quantitative estimate of drug-likeness (QED) is 0.943. The SMILES string of the molecule is O=C(O)c1ccc(F)c(CS(=O)c2ccc(F)cc2F)c1. The van der Waals surface area contributed by atoms with E-state index >= 15 is 0 Å². The Morgan fingerprint density at radius 1 is 1.05 bits per heavy atom. The van der Waals surface area contributed by atoms with Crippen LogP contribution in [-0.2, 0) is 16.6 Å². The molecule has 2 rings (SSSR count). The summed E-state index contributed by atoms with van der Waals surface area (Å²) in [6.45, 7) is 0. The molecule has 21 heavy (non-hydrogen) atoms. The normalized spacial score (nSPS) is 12.1. The summed E-state index contributed by atoms with van der Waals surface area (Å²) in [6.07, 6.45) is 0. The average Bonchev–Trinajstić information content (AvgIpc) is 2.40. The van der Waals surface area contributed by atoms with Crippen LogP contribution in [0.5, 0.6) is 0 Å². The molecule has 0 saturated heterocycles. The van der Waals surface area contributed by atoms with Crippen molar-refractivity contribution in [2.24, 2.45) is 0 Å². The van der Waals surface area contributed by atoms with Gasteiger partial charge in [0.25, 0.3) is 0 Å². The maximum atomic E-state index is 13.6. The first kappa shape index (κ1) is 15.2. The molecule has 0 bridgehead atoms. The van der Waals surface area contributed by atoms with Crippen molar-refractivity contribution in [3.05, 3.63) is 65.0 Å². The molecular weight excluding hydrogens is 305 g/mol. The van der Waals surface area contributed by atoms with E-state index in [1.54, 1.807) is 0 Å². The summed E-state index contributed by atoms with van der Waals surface area (Å²) in [5, 5.41) is 8.83. The molecule has 0 radical (unpaired) electrons. The molecule has 0 heterocycles. The molecule has 0 aliphatic carbocycles. The van der Waals surface area contributed by atoms with Crippen LogP contribution in [0, 0.1) is 17.5 Å². The van der Waals surface area contributed by atoms with E-state index in [0.717, 1.165) is 30.3 Å². The van der Waals surface area contributed by atoms with Gasteiger partial charge >= 0.3 is 5.97 Å². The van der Waals surface area contributed by atoms with E-state index in [4.69, 9.17) is 5.11 Å². The van der Waals surface area contributed by atoms with Crippen LogP contribution in [0.2, 0.25) is 0 Å². The fourth-order valence-electron chi connectivity index (χ4n) is 1.70. The Bertz CT molecular complexity index is 731. The summed E-state index contributed by atoms with van der Waals surface area (Å²) in [4.78, 5) is 10.5. The Balaban J connectivity index is 2.31. The lowest BCUT2D eigenvalue weighted by molar-refractivity contribution is 0.0696. The molecule has 1 atom stereocenters. The lowest BCUT2D eigenvalue weighted by atomic mass is 10.1. The van der Waals surface area contributed by atoms with Crippen LogP contribution in [0.15, 0.2) is 41.3 Å². The van der Waals surface area contributed by atoms with Crippen LogP contribution < -0.4 is 0 Å². The van der Waals surface area contributed by atoms with Gasteiger partial charge in [-0.25, -0.2) is 18.0 Å². The van der Waals surface area contributed by atoms with Gasteiger partial charge in [-0.3, -0.25) is 4.21 Å². The third-order valence-corrected chi connectivity index (χ3v) is 4.11. The zero-order valence-electron chi connectivity index (χ0n) is 10.5. The molecule has 110 valence electrons. The van der Waals surface area contributed by atoms with Crippen molar-refractivity contribution >= 4 is 16.8 Å². The second kappa shape index (κ2) is 6.09. The molecule has 2 aromatic rings. The Morgan fingerprint density at radius 2 is 1.76 bits per heavy atom. The Kier molecular flexibility index (Phi) is 4.42. The van der Waals surface area contributed by atoms with Crippen molar-refractivity contribution in [3.63, 3.8) is 0 Å². The maximum absolute atomic E-state index is 13.6. The van der Waals surface area contributed by atoms with Crippen molar-refractivity contribution in [2.45, 2.75) is 10.6 Å². The molecule has 0 aromatic heterocycles. The van der Waals surface area contributed by atoms with E-state index in [2.05, 4.69) is 0 Å². The van der Waals surface area contributed by atoms with Gasteiger partial charge < -0.3 is 5.11 Å². The summed E-state index contributed by atoms with van der Waals surface area (Å²) in [7, 11) is -1.96. The van der Waals surface area contributed by atoms with Crippen molar-refractivity contribution in [1.29, 1.82) is 0 Å². The molecule has 1 N–H and O–H groups in total. The van der Waals surface area contributed by atoms with Gasteiger partial charge in [-0.1, -0.05) is 0 Å². The molecule has 7 heteroatoms. The largest absolute Gasteiger partial charge is 0.478 e. The first-order valence-corrected chi connectivity index (χ1v) is 7.05. The lowest BCUT2D eigenvalue weighted by Gasteiger charge is -2.06. The Hall–Kier alpha value is -2.15. The van der Waals surface area contributed by atoms with E-state index in [0.29, 0.717) is 6.07 Å². The van der Waals surface area contributed by atoms with E-state index in [1.165, 1.54) is 0 Å². The van der Waals surface area contributed by atoms with Crippen molar-refractivity contribution in [2.75, 3.05) is 0 Å². The predicted molar refractivity (Wildman–Crippen MR) is 69.8 cm³/mol. The zero-order chi connectivity index (χ0) is 15.6. The fraction of sp³-hybridized carbons (Fsp3) is 0.0714. The number of benzene rings is 2. The average molecular weight is 314 g/mol. The highest BCUT2D eigenvalue weighted by atomic mass is 32.2.